The number of nitrogens with zero attached hydrogens (tertiary/aromatic N) is 1. The van der Waals surface area contributed by atoms with Gasteiger partial charge in [0, 0.05) is 16.5 Å². The number of carbonyl (C=O) groups is 1. The molecule has 0 atom stereocenters. The van der Waals surface area contributed by atoms with Gasteiger partial charge in [0.05, 0.1) is 33.1 Å². The standard InChI is InChI=1S/C22H24N2O5S/c1-5-28-19-9-7-14(11-20(19)29-6-2)21(25)24-22-23-17(13-30-22)16-12-15(26-3)8-10-18(16)27-4/h7-13H,5-6H2,1-4H3,(H,23,24,25). The Morgan fingerprint density at radius 3 is 2.40 bits per heavy atom. The summed E-state index contributed by atoms with van der Waals surface area (Å²) in [5, 5.41) is 5.17. The van der Waals surface area contributed by atoms with Crippen molar-refractivity contribution >= 4 is 22.4 Å². The van der Waals surface area contributed by atoms with E-state index in [-0.39, 0.29) is 5.91 Å². The Morgan fingerprint density at radius 1 is 0.967 bits per heavy atom. The highest BCUT2D eigenvalue weighted by Gasteiger charge is 2.15. The fourth-order valence-electron chi connectivity index (χ4n) is 2.83. The maximum atomic E-state index is 12.7. The molecular weight excluding hydrogens is 404 g/mol. The molecule has 1 N–H and O–H groups in total. The predicted octanol–water partition coefficient (Wildman–Crippen LogP) is 4.88. The summed E-state index contributed by atoms with van der Waals surface area (Å²) >= 11 is 1.33. The molecule has 0 bridgehead atoms. The number of carbonyl (C=O) groups excluding carboxylic acids is 1. The lowest BCUT2D eigenvalue weighted by atomic mass is 10.1. The van der Waals surface area contributed by atoms with Crippen LogP contribution < -0.4 is 24.3 Å². The molecule has 3 rings (SSSR count). The number of thiazole rings is 1. The molecule has 1 amide bonds. The number of amides is 1. The van der Waals surface area contributed by atoms with Gasteiger partial charge in [-0.25, -0.2) is 4.98 Å². The van der Waals surface area contributed by atoms with Crippen LogP contribution >= 0.6 is 11.3 Å². The number of hydrogen-bond acceptors (Lipinski definition) is 7. The zero-order valence-electron chi connectivity index (χ0n) is 17.4. The second-order valence-corrected chi connectivity index (χ2v) is 6.94. The molecule has 0 unspecified atom stereocenters. The maximum Gasteiger partial charge on any atom is 0.257 e. The van der Waals surface area contributed by atoms with E-state index in [0.717, 1.165) is 5.56 Å². The molecular formula is C22H24N2O5S. The topological polar surface area (TPSA) is 78.9 Å². The molecule has 2 aromatic carbocycles. The van der Waals surface area contributed by atoms with Crippen LogP contribution in [0.1, 0.15) is 24.2 Å². The summed E-state index contributed by atoms with van der Waals surface area (Å²) in [6.45, 7) is 4.77. The number of hydrogen-bond donors (Lipinski definition) is 1. The average molecular weight is 429 g/mol. The quantitative estimate of drug-likeness (QED) is 0.523. The third-order valence-corrected chi connectivity index (χ3v) is 4.97. The molecule has 0 aliphatic carbocycles. The Kier molecular flexibility index (Phi) is 7.13. The summed E-state index contributed by atoms with van der Waals surface area (Å²) in [5.41, 5.74) is 1.93. The summed E-state index contributed by atoms with van der Waals surface area (Å²) < 4.78 is 21.9. The van der Waals surface area contributed by atoms with E-state index in [1.54, 1.807) is 32.4 Å². The van der Waals surface area contributed by atoms with Crippen LogP contribution in [0.25, 0.3) is 11.3 Å². The Labute approximate surface area is 179 Å². The van der Waals surface area contributed by atoms with Crippen molar-refractivity contribution in [1.29, 1.82) is 0 Å². The van der Waals surface area contributed by atoms with Crippen LogP contribution in [0.15, 0.2) is 41.8 Å². The van der Waals surface area contributed by atoms with Gasteiger partial charge in [-0.2, -0.15) is 0 Å². The zero-order valence-corrected chi connectivity index (χ0v) is 18.2. The number of nitrogens with one attached hydrogen (secondary N) is 1. The smallest absolute Gasteiger partial charge is 0.257 e. The van der Waals surface area contributed by atoms with Crippen molar-refractivity contribution < 1.29 is 23.7 Å². The molecule has 158 valence electrons. The first-order valence-corrected chi connectivity index (χ1v) is 10.4. The van der Waals surface area contributed by atoms with E-state index in [9.17, 15) is 4.79 Å². The van der Waals surface area contributed by atoms with Crippen LogP contribution in [0.4, 0.5) is 5.13 Å². The Hall–Kier alpha value is -3.26. The molecule has 1 aromatic heterocycles. The van der Waals surface area contributed by atoms with Crippen molar-refractivity contribution in [1.82, 2.24) is 4.98 Å². The number of methoxy groups -OCH3 is 2. The van der Waals surface area contributed by atoms with Crippen molar-refractivity contribution in [2.45, 2.75) is 13.8 Å². The molecule has 1 heterocycles. The van der Waals surface area contributed by atoms with Gasteiger partial charge in [-0.3, -0.25) is 10.1 Å². The summed E-state index contributed by atoms with van der Waals surface area (Å²) in [4.78, 5) is 17.3. The van der Waals surface area contributed by atoms with Crippen LogP contribution in [0.5, 0.6) is 23.0 Å². The van der Waals surface area contributed by atoms with E-state index in [0.29, 0.717) is 52.6 Å². The highest BCUT2D eigenvalue weighted by Crippen LogP contribution is 2.35. The summed E-state index contributed by atoms with van der Waals surface area (Å²) in [7, 11) is 3.20. The lowest BCUT2D eigenvalue weighted by Gasteiger charge is -2.12. The van der Waals surface area contributed by atoms with Gasteiger partial charge in [0.25, 0.3) is 5.91 Å². The summed E-state index contributed by atoms with van der Waals surface area (Å²) in [5.74, 6) is 2.23. The molecule has 8 heteroatoms. The fraction of sp³-hybridized carbons (Fsp3) is 0.273. The summed E-state index contributed by atoms with van der Waals surface area (Å²) in [6, 6.07) is 10.6. The van der Waals surface area contributed by atoms with Gasteiger partial charge in [-0.1, -0.05) is 0 Å². The monoisotopic (exact) mass is 428 g/mol. The predicted molar refractivity (Wildman–Crippen MR) is 117 cm³/mol. The molecule has 3 aromatic rings. The number of rotatable bonds is 9. The van der Waals surface area contributed by atoms with E-state index in [2.05, 4.69) is 10.3 Å². The molecule has 30 heavy (non-hydrogen) atoms. The fourth-order valence-corrected chi connectivity index (χ4v) is 3.54. The second-order valence-electron chi connectivity index (χ2n) is 6.09. The highest BCUT2D eigenvalue weighted by molar-refractivity contribution is 7.14. The van der Waals surface area contributed by atoms with Crippen molar-refractivity contribution in [2.75, 3.05) is 32.8 Å². The van der Waals surface area contributed by atoms with Crippen LogP contribution in [0.3, 0.4) is 0 Å². The number of ether oxygens (including phenoxy) is 4. The molecule has 0 fully saturated rings. The van der Waals surface area contributed by atoms with Crippen molar-refractivity contribution in [3.05, 3.63) is 47.3 Å². The van der Waals surface area contributed by atoms with Gasteiger partial charge in [-0.15, -0.1) is 11.3 Å². The lowest BCUT2D eigenvalue weighted by molar-refractivity contribution is 0.102. The minimum Gasteiger partial charge on any atom is -0.497 e. The van der Waals surface area contributed by atoms with Gasteiger partial charge in [0.15, 0.2) is 16.6 Å². The van der Waals surface area contributed by atoms with Gasteiger partial charge in [0.1, 0.15) is 11.5 Å². The molecule has 0 aliphatic heterocycles. The average Bonchev–Trinajstić information content (AvgIpc) is 3.23. The first-order chi connectivity index (χ1) is 14.6. The highest BCUT2D eigenvalue weighted by atomic mass is 32.1. The zero-order chi connectivity index (χ0) is 21.5. The van der Waals surface area contributed by atoms with Gasteiger partial charge in [0.2, 0.25) is 0 Å². The Balaban J connectivity index is 1.81. The lowest BCUT2D eigenvalue weighted by Crippen LogP contribution is -2.12. The van der Waals surface area contributed by atoms with E-state index in [4.69, 9.17) is 18.9 Å². The molecule has 0 spiro atoms. The van der Waals surface area contributed by atoms with Gasteiger partial charge in [-0.05, 0) is 50.2 Å². The number of anilines is 1. The third kappa shape index (κ3) is 4.83. The van der Waals surface area contributed by atoms with E-state index in [1.807, 2.05) is 37.4 Å². The largest absolute Gasteiger partial charge is 0.497 e. The SMILES string of the molecule is CCOc1ccc(C(=O)Nc2nc(-c3cc(OC)ccc3OC)cs2)cc1OCC. The molecule has 0 saturated heterocycles. The number of aromatic nitrogens is 1. The Morgan fingerprint density at radius 2 is 1.70 bits per heavy atom. The summed E-state index contributed by atoms with van der Waals surface area (Å²) in [6.07, 6.45) is 0. The van der Waals surface area contributed by atoms with Crippen molar-refractivity contribution in [3.63, 3.8) is 0 Å². The van der Waals surface area contributed by atoms with Crippen LogP contribution in [-0.4, -0.2) is 38.3 Å². The Bertz CT molecular complexity index is 1020. The van der Waals surface area contributed by atoms with Gasteiger partial charge < -0.3 is 18.9 Å². The first kappa shape index (κ1) is 21.4. The van der Waals surface area contributed by atoms with E-state index in [1.165, 1.54) is 11.3 Å². The van der Waals surface area contributed by atoms with Crippen LogP contribution in [0, 0.1) is 0 Å². The van der Waals surface area contributed by atoms with Crippen LogP contribution in [-0.2, 0) is 0 Å². The van der Waals surface area contributed by atoms with Gasteiger partial charge >= 0.3 is 0 Å². The molecule has 7 nitrogen and oxygen atoms in total. The first-order valence-electron chi connectivity index (χ1n) is 9.48. The van der Waals surface area contributed by atoms with Crippen molar-refractivity contribution in [2.24, 2.45) is 0 Å². The maximum absolute atomic E-state index is 12.7. The number of benzene rings is 2. The minimum atomic E-state index is -0.280. The van der Waals surface area contributed by atoms with Crippen LogP contribution in [0.2, 0.25) is 0 Å². The van der Waals surface area contributed by atoms with E-state index < -0.39 is 0 Å². The normalized spacial score (nSPS) is 10.4. The molecule has 0 saturated carbocycles. The third-order valence-electron chi connectivity index (χ3n) is 4.21. The molecule has 0 radical (unpaired) electrons. The van der Waals surface area contributed by atoms with E-state index >= 15 is 0 Å². The second kappa shape index (κ2) is 9.98. The van der Waals surface area contributed by atoms with Crippen molar-refractivity contribution in [3.8, 4) is 34.3 Å². The molecule has 0 aliphatic rings. The minimum absolute atomic E-state index is 0.280.